The largest absolute Gasteiger partial charge is 0.497 e. The maximum atomic E-state index is 5.24. The Morgan fingerprint density at radius 2 is 2.25 bits per heavy atom. The molecule has 1 aromatic heterocycles. The molecule has 0 saturated heterocycles. The molecule has 0 radical (unpaired) electrons. The van der Waals surface area contributed by atoms with Gasteiger partial charge in [-0.15, -0.1) is 0 Å². The third-order valence-electron chi connectivity index (χ3n) is 2.83. The van der Waals surface area contributed by atoms with Gasteiger partial charge in [-0.3, -0.25) is 4.98 Å². The Morgan fingerprint density at radius 3 is 2.94 bits per heavy atom. The Morgan fingerprint density at radius 1 is 1.44 bits per heavy atom. The highest BCUT2D eigenvalue weighted by atomic mass is 32.2. The minimum Gasteiger partial charge on any atom is -0.497 e. The zero-order valence-electron chi connectivity index (χ0n) is 10.0. The second-order valence-corrected chi connectivity index (χ2v) is 5.53. The van der Waals surface area contributed by atoms with E-state index < -0.39 is 0 Å². The summed E-state index contributed by atoms with van der Waals surface area (Å²) in [5.74, 6) is 4.23. The number of hydrogen-bond acceptors (Lipinski definition) is 3. The summed E-state index contributed by atoms with van der Waals surface area (Å²) in [5.41, 5.74) is 2.18. The van der Waals surface area contributed by atoms with Gasteiger partial charge < -0.3 is 4.74 Å². The standard InChI is InChI=1S/C13H19NOS/c1-10-7-13(15-2)8-12(14-10)9-16-6-5-11-3-4-11/h7-8,11H,3-6,9H2,1-2H3. The molecule has 0 aromatic carbocycles. The predicted octanol–water partition coefficient (Wildman–Crippen LogP) is 3.43. The number of methoxy groups -OCH3 is 1. The first-order valence-electron chi connectivity index (χ1n) is 5.87. The van der Waals surface area contributed by atoms with Crippen molar-refractivity contribution in [3.05, 3.63) is 23.5 Å². The van der Waals surface area contributed by atoms with Gasteiger partial charge in [0, 0.05) is 23.6 Å². The van der Waals surface area contributed by atoms with E-state index in [1.54, 1.807) is 7.11 Å². The van der Waals surface area contributed by atoms with Crippen molar-refractivity contribution in [2.75, 3.05) is 12.9 Å². The molecule has 2 rings (SSSR count). The summed E-state index contributed by atoms with van der Waals surface area (Å²) < 4.78 is 5.24. The molecule has 16 heavy (non-hydrogen) atoms. The number of hydrogen-bond donors (Lipinski definition) is 0. The molecule has 0 unspecified atom stereocenters. The van der Waals surface area contributed by atoms with E-state index in [9.17, 15) is 0 Å². The van der Waals surface area contributed by atoms with E-state index in [1.807, 2.05) is 30.8 Å². The number of rotatable bonds is 6. The predicted molar refractivity (Wildman–Crippen MR) is 69.0 cm³/mol. The lowest BCUT2D eigenvalue weighted by molar-refractivity contribution is 0.413. The molecule has 2 nitrogen and oxygen atoms in total. The molecule has 1 heterocycles. The van der Waals surface area contributed by atoms with Gasteiger partial charge in [-0.05, 0) is 25.0 Å². The van der Waals surface area contributed by atoms with Crippen LogP contribution >= 0.6 is 11.8 Å². The van der Waals surface area contributed by atoms with Crippen molar-refractivity contribution in [3.8, 4) is 5.75 Å². The highest BCUT2D eigenvalue weighted by Gasteiger charge is 2.20. The fourth-order valence-corrected chi connectivity index (χ4v) is 2.73. The minimum atomic E-state index is 0.922. The maximum Gasteiger partial charge on any atom is 0.122 e. The molecular formula is C13H19NOS. The molecule has 0 bridgehead atoms. The van der Waals surface area contributed by atoms with Gasteiger partial charge in [0.25, 0.3) is 0 Å². The van der Waals surface area contributed by atoms with Crippen molar-refractivity contribution >= 4 is 11.8 Å². The molecule has 0 aliphatic heterocycles. The van der Waals surface area contributed by atoms with E-state index in [1.165, 1.54) is 25.0 Å². The number of aromatic nitrogens is 1. The van der Waals surface area contributed by atoms with Crippen molar-refractivity contribution in [2.45, 2.75) is 31.9 Å². The molecule has 1 saturated carbocycles. The molecule has 0 atom stereocenters. The Kier molecular flexibility index (Phi) is 4.10. The number of nitrogens with zero attached hydrogens (tertiary/aromatic N) is 1. The van der Waals surface area contributed by atoms with Crippen molar-refractivity contribution in [2.24, 2.45) is 5.92 Å². The van der Waals surface area contributed by atoms with Crippen LogP contribution in [0.1, 0.15) is 30.7 Å². The SMILES string of the molecule is COc1cc(C)nc(CSCCC2CC2)c1. The second-order valence-electron chi connectivity index (χ2n) is 4.42. The normalized spacial score (nSPS) is 15.1. The Hall–Kier alpha value is -0.700. The topological polar surface area (TPSA) is 22.1 Å². The van der Waals surface area contributed by atoms with E-state index in [0.29, 0.717) is 0 Å². The lowest BCUT2D eigenvalue weighted by Gasteiger charge is -2.05. The van der Waals surface area contributed by atoms with Gasteiger partial charge >= 0.3 is 0 Å². The maximum absolute atomic E-state index is 5.24. The lowest BCUT2D eigenvalue weighted by Crippen LogP contribution is -1.94. The zero-order valence-corrected chi connectivity index (χ0v) is 10.8. The van der Waals surface area contributed by atoms with Crippen LogP contribution in [0, 0.1) is 12.8 Å². The summed E-state index contributed by atoms with van der Waals surface area (Å²) >= 11 is 1.98. The minimum absolute atomic E-state index is 0.922. The molecule has 88 valence electrons. The molecule has 1 aliphatic rings. The first kappa shape index (κ1) is 11.8. The average Bonchev–Trinajstić information content (AvgIpc) is 3.07. The van der Waals surface area contributed by atoms with E-state index in [0.717, 1.165) is 28.8 Å². The fourth-order valence-electron chi connectivity index (χ4n) is 1.73. The van der Waals surface area contributed by atoms with Crippen LogP contribution in [0.4, 0.5) is 0 Å². The number of thioether (sulfide) groups is 1. The Balaban J connectivity index is 1.80. The van der Waals surface area contributed by atoms with Crippen LogP contribution < -0.4 is 4.74 Å². The van der Waals surface area contributed by atoms with Crippen molar-refractivity contribution < 1.29 is 4.74 Å². The zero-order chi connectivity index (χ0) is 11.4. The van der Waals surface area contributed by atoms with Crippen LogP contribution in [0.5, 0.6) is 5.75 Å². The highest BCUT2D eigenvalue weighted by Crippen LogP contribution is 2.33. The van der Waals surface area contributed by atoms with E-state index in [4.69, 9.17) is 4.74 Å². The molecule has 1 fully saturated rings. The van der Waals surface area contributed by atoms with Gasteiger partial charge in [0.1, 0.15) is 5.75 Å². The molecule has 1 aromatic rings. The van der Waals surface area contributed by atoms with Crippen molar-refractivity contribution in [3.63, 3.8) is 0 Å². The third kappa shape index (κ3) is 3.71. The van der Waals surface area contributed by atoms with Gasteiger partial charge in [-0.25, -0.2) is 0 Å². The fraction of sp³-hybridized carbons (Fsp3) is 0.615. The van der Waals surface area contributed by atoms with Gasteiger partial charge in [-0.2, -0.15) is 11.8 Å². The summed E-state index contributed by atoms with van der Waals surface area (Å²) in [4.78, 5) is 4.51. The first-order valence-corrected chi connectivity index (χ1v) is 7.02. The summed E-state index contributed by atoms with van der Waals surface area (Å²) in [6, 6.07) is 4.01. The van der Waals surface area contributed by atoms with Crippen LogP contribution in [0.15, 0.2) is 12.1 Å². The number of aryl methyl sites for hydroxylation is 1. The molecule has 0 spiro atoms. The van der Waals surface area contributed by atoms with Gasteiger partial charge in [0.05, 0.1) is 12.8 Å². The van der Waals surface area contributed by atoms with Gasteiger partial charge in [0.15, 0.2) is 0 Å². The van der Waals surface area contributed by atoms with Crippen molar-refractivity contribution in [1.29, 1.82) is 0 Å². The molecule has 1 aliphatic carbocycles. The first-order chi connectivity index (χ1) is 7.78. The summed E-state index contributed by atoms with van der Waals surface area (Å²) in [6.07, 6.45) is 4.29. The van der Waals surface area contributed by atoms with Crippen LogP contribution in [-0.2, 0) is 5.75 Å². The molecular weight excluding hydrogens is 218 g/mol. The van der Waals surface area contributed by atoms with E-state index >= 15 is 0 Å². The second kappa shape index (κ2) is 5.58. The quantitative estimate of drug-likeness (QED) is 0.708. The summed E-state index contributed by atoms with van der Waals surface area (Å²) in [5, 5.41) is 0. The number of pyridine rings is 1. The van der Waals surface area contributed by atoms with E-state index in [2.05, 4.69) is 4.98 Å². The van der Waals surface area contributed by atoms with Crippen LogP contribution in [0.25, 0.3) is 0 Å². The molecule has 0 N–H and O–H groups in total. The van der Waals surface area contributed by atoms with Crippen molar-refractivity contribution in [1.82, 2.24) is 4.98 Å². The monoisotopic (exact) mass is 237 g/mol. The van der Waals surface area contributed by atoms with Crippen LogP contribution in [0.3, 0.4) is 0 Å². The molecule has 0 amide bonds. The Labute approximate surface area is 102 Å². The summed E-state index contributed by atoms with van der Waals surface area (Å²) in [6.45, 7) is 2.01. The lowest BCUT2D eigenvalue weighted by atomic mass is 10.3. The van der Waals surface area contributed by atoms with Gasteiger partial charge in [-0.1, -0.05) is 12.8 Å². The van der Waals surface area contributed by atoms with Gasteiger partial charge in [0.2, 0.25) is 0 Å². The summed E-state index contributed by atoms with van der Waals surface area (Å²) in [7, 11) is 1.71. The smallest absolute Gasteiger partial charge is 0.122 e. The van der Waals surface area contributed by atoms with Crippen LogP contribution in [0.2, 0.25) is 0 Å². The average molecular weight is 237 g/mol. The van der Waals surface area contributed by atoms with E-state index in [-0.39, 0.29) is 0 Å². The number of ether oxygens (including phenoxy) is 1. The van der Waals surface area contributed by atoms with Crippen LogP contribution in [-0.4, -0.2) is 17.8 Å². The Bertz CT molecular complexity index is 350. The highest BCUT2D eigenvalue weighted by molar-refractivity contribution is 7.98. The third-order valence-corrected chi connectivity index (χ3v) is 3.86. The molecule has 3 heteroatoms.